The maximum atomic E-state index is 12.9. The van der Waals surface area contributed by atoms with Crippen molar-refractivity contribution in [3.8, 4) is 5.75 Å². The molecule has 3 saturated carbocycles. The Balaban J connectivity index is 1.12. The third kappa shape index (κ3) is 3.93. The summed E-state index contributed by atoms with van der Waals surface area (Å²) in [4.78, 5) is 25.4. The molecular weight excluding hydrogens is 568 g/mol. The Bertz CT molecular complexity index is 1420. The monoisotopic (exact) mass is 600 g/mol. The molecule has 5 N–H and O–H groups in total. The third-order valence-corrected chi connectivity index (χ3v) is 9.87. The molecule has 4 saturated heterocycles. The highest BCUT2D eigenvalue weighted by atomic mass is 16.8. The van der Waals surface area contributed by atoms with Crippen molar-refractivity contribution in [2.75, 3.05) is 13.2 Å². The second kappa shape index (κ2) is 9.68. The molecule has 2 aromatic carbocycles. The summed E-state index contributed by atoms with van der Waals surface area (Å²) in [5.41, 5.74) is -3.12. The van der Waals surface area contributed by atoms with Crippen molar-refractivity contribution in [1.29, 1.82) is 0 Å². The predicted octanol–water partition coefficient (Wildman–Crippen LogP) is 0.213. The second-order valence-electron chi connectivity index (χ2n) is 12.2. The summed E-state index contributed by atoms with van der Waals surface area (Å²) < 4.78 is 35.6. The minimum atomic E-state index is -1.72. The van der Waals surface area contributed by atoms with E-state index in [-0.39, 0.29) is 30.8 Å². The summed E-state index contributed by atoms with van der Waals surface area (Å²) in [6.45, 7) is 1.02. The van der Waals surface area contributed by atoms with Crippen molar-refractivity contribution >= 4 is 11.9 Å². The van der Waals surface area contributed by atoms with Gasteiger partial charge in [-0.25, -0.2) is 9.59 Å². The summed E-state index contributed by atoms with van der Waals surface area (Å²) in [5, 5.41) is 53.1. The lowest BCUT2D eigenvalue weighted by atomic mass is 9.41. The highest BCUT2D eigenvalue weighted by molar-refractivity contribution is 5.89. The zero-order valence-electron chi connectivity index (χ0n) is 23.1. The molecule has 43 heavy (non-hydrogen) atoms. The maximum Gasteiger partial charge on any atom is 0.338 e. The molecule has 7 aliphatic rings. The van der Waals surface area contributed by atoms with Gasteiger partial charge in [0.1, 0.15) is 54.6 Å². The minimum Gasteiger partial charge on any atom is -0.508 e. The molecule has 0 aromatic heterocycles. The van der Waals surface area contributed by atoms with Crippen LogP contribution in [0.1, 0.15) is 40.5 Å². The number of hydrogen-bond donors (Lipinski definition) is 5. The van der Waals surface area contributed by atoms with E-state index in [4.69, 9.17) is 28.4 Å². The molecule has 2 aromatic rings. The Labute approximate surface area is 245 Å². The summed E-state index contributed by atoms with van der Waals surface area (Å²) in [7, 11) is 0. The molecule has 0 spiro atoms. The van der Waals surface area contributed by atoms with E-state index in [0.29, 0.717) is 5.56 Å². The first-order chi connectivity index (χ1) is 20.4. The molecule has 13 heteroatoms. The number of aliphatic hydroxyl groups is 4. The summed E-state index contributed by atoms with van der Waals surface area (Å²) in [5.74, 6) is -3.44. The number of esters is 2. The topological polar surface area (TPSA) is 191 Å². The van der Waals surface area contributed by atoms with Gasteiger partial charge in [0.15, 0.2) is 18.4 Å². The van der Waals surface area contributed by atoms with Crippen LogP contribution >= 0.6 is 0 Å². The Kier molecular flexibility index (Phi) is 6.44. The lowest BCUT2D eigenvalue weighted by Crippen LogP contribution is -2.80. The van der Waals surface area contributed by atoms with Gasteiger partial charge in [0.2, 0.25) is 0 Å². The van der Waals surface area contributed by atoms with Gasteiger partial charge >= 0.3 is 11.9 Å². The van der Waals surface area contributed by atoms with E-state index in [1.54, 1.807) is 37.3 Å². The van der Waals surface area contributed by atoms with Crippen LogP contribution in [-0.4, -0.2) is 105 Å². The number of phenolic OH excluding ortho intramolecular Hbond substituents is 1. The van der Waals surface area contributed by atoms with E-state index in [2.05, 4.69) is 0 Å². The zero-order chi connectivity index (χ0) is 30.4. The number of phenols is 1. The fourth-order valence-electron chi connectivity index (χ4n) is 7.70. The first-order valence-electron chi connectivity index (χ1n) is 14.1. The molecule has 4 aliphatic heterocycles. The highest BCUT2D eigenvalue weighted by Gasteiger charge is 2.94. The van der Waals surface area contributed by atoms with Crippen molar-refractivity contribution in [3.63, 3.8) is 0 Å². The highest BCUT2D eigenvalue weighted by Crippen LogP contribution is 2.81. The fourth-order valence-corrected chi connectivity index (χ4v) is 7.70. The average Bonchev–Trinajstić information content (AvgIpc) is 3.18. The Morgan fingerprint density at radius 3 is 2.30 bits per heavy atom. The molecule has 0 amide bonds. The van der Waals surface area contributed by atoms with Gasteiger partial charge in [-0.2, -0.15) is 0 Å². The van der Waals surface area contributed by atoms with E-state index in [1.807, 2.05) is 0 Å². The van der Waals surface area contributed by atoms with Crippen molar-refractivity contribution in [2.45, 2.75) is 73.8 Å². The van der Waals surface area contributed by atoms with Crippen molar-refractivity contribution in [3.05, 3.63) is 65.7 Å². The van der Waals surface area contributed by atoms with Gasteiger partial charge < -0.3 is 54.0 Å². The van der Waals surface area contributed by atoms with Gasteiger partial charge in [-0.15, -0.1) is 0 Å². The predicted molar refractivity (Wildman–Crippen MR) is 140 cm³/mol. The van der Waals surface area contributed by atoms with E-state index >= 15 is 0 Å². The Hall–Kier alpha value is -3.14. The fraction of sp³-hybridized carbons (Fsp3) is 0.533. The number of carbonyl (C=O) groups is 2. The molecule has 9 rings (SSSR count). The number of aliphatic hydroxyl groups excluding tert-OH is 3. The standard InChI is InChI=1S/C30H32O13/c1-27-13-29(37)19-11-30(27,28(19,26(42-27)43-29)14-39-24(36)15-5-3-2-4-6-15)41-25-22(34)21(33)20(32)18(40-25)12-38-23(35)16-7-9-17(31)10-8-16/h2-10,18-22,25-26,31-34,37H,11-14H2,1H3/t18-,19-,20-,21+,22-,25+,26-,27+,28-,29-,30+/m1/s1. The summed E-state index contributed by atoms with van der Waals surface area (Å²) >= 11 is 0. The van der Waals surface area contributed by atoms with Crippen LogP contribution < -0.4 is 0 Å². The van der Waals surface area contributed by atoms with Crippen molar-refractivity contribution in [2.24, 2.45) is 11.3 Å². The molecule has 6 bridgehead atoms. The van der Waals surface area contributed by atoms with Gasteiger partial charge in [-0.1, -0.05) is 18.2 Å². The molecular formula is C30H32O13. The van der Waals surface area contributed by atoms with E-state index in [1.165, 1.54) is 24.3 Å². The van der Waals surface area contributed by atoms with E-state index in [0.717, 1.165) is 0 Å². The smallest absolute Gasteiger partial charge is 0.338 e. The number of benzene rings is 2. The van der Waals surface area contributed by atoms with Crippen LogP contribution in [0.4, 0.5) is 0 Å². The molecule has 7 fully saturated rings. The van der Waals surface area contributed by atoms with Crippen LogP contribution in [0.5, 0.6) is 5.75 Å². The number of carbonyl (C=O) groups excluding carboxylic acids is 2. The molecule has 3 aliphatic carbocycles. The van der Waals surface area contributed by atoms with E-state index < -0.39 is 83.9 Å². The van der Waals surface area contributed by atoms with Gasteiger partial charge in [-0.05, 0) is 49.7 Å². The van der Waals surface area contributed by atoms with E-state index in [9.17, 15) is 35.1 Å². The molecule has 0 unspecified atom stereocenters. The lowest BCUT2D eigenvalue weighted by Gasteiger charge is -2.67. The van der Waals surface area contributed by atoms with Gasteiger partial charge in [0, 0.05) is 12.3 Å². The summed E-state index contributed by atoms with van der Waals surface area (Å²) in [6, 6.07) is 13.8. The Morgan fingerprint density at radius 2 is 1.58 bits per heavy atom. The largest absolute Gasteiger partial charge is 0.508 e. The quantitative estimate of drug-likeness (QED) is 0.259. The minimum absolute atomic E-state index is 0.0331. The van der Waals surface area contributed by atoms with Crippen molar-refractivity contribution < 1.29 is 63.5 Å². The normalized spacial score (nSPS) is 43.7. The summed E-state index contributed by atoms with van der Waals surface area (Å²) in [6.07, 6.45) is -8.60. The average molecular weight is 601 g/mol. The Morgan fingerprint density at radius 1 is 0.907 bits per heavy atom. The molecule has 4 heterocycles. The number of aromatic hydroxyl groups is 1. The third-order valence-electron chi connectivity index (χ3n) is 9.87. The first-order valence-corrected chi connectivity index (χ1v) is 14.1. The van der Waals surface area contributed by atoms with Crippen molar-refractivity contribution in [1.82, 2.24) is 0 Å². The van der Waals surface area contributed by atoms with Gasteiger partial charge in [0.05, 0.1) is 16.5 Å². The number of hydrogen-bond acceptors (Lipinski definition) is 13. The van der Waals surface area contributed by atoms with Gasteiger partial charge in [-0.3, -0.25) is 0 Å². The number of ether oxygens (including phenoxy) is 6. The molecule has 11 atom stereocenters. The molecule has 230 valence electrons. The second-order valence-corrected chi connectivity index (χ2v) is 12.2. The zero-order valence-corrected chi connectivity index (χ0v) is 23.1. The molecule has 0 radical (unpaired) electrons. The maximum absolute atomic E-state index is 12.9. The van der Waals surface area contributed by atoms with Crippen LogP contribution in [0.15, 0.2) is 54.6 Å². The van der Waals surface area contributed by atoms with Crippen LogP contribution in [0.2, 0.25) is 0 Å². The van der Waals surface area contributed by atoms with Crippen LogP contribution in [0.25, 0.3) is 0 Å². The lowest BCUT2D eigenvalue weighted by molar-refractivity contribution is -0.424. The number of rotatable bonds is 8. The van der Waals surface area contributed by atoms with Crippen LogP contribution in [0, 0.1) is 11.3 Å². The molecule has 13 nitrogen and oxygen atoms in total. The SMILES string of the molecule is C[C@@]12C[C@@]3(O)O[C@@H](O1)[C@@]1(COC(=O)c4ccccc4)[C@H]3C[C@@]12O[C@@H]1O[C@H](COC(=O)c2ccc(O)cc2)[C@@H](O)[C@H](O)[C@H]1O. The van der Waals surface area contributed by atoms with Gasteiger partial charge in [0.25, 0.3) is 0 Å². The van der Waals surface area contributed by atoms with Crippen LogP contribution in [0.3, 0.4) is 0 Å². The first kappa shape index (κ1) is 28.6. The van der Waals surface area contributed by atoms with Crippen LogP contribution in [-0.2, 0) is 28.4 Å².